The van der Waals surface area contributed by atoms with Gasteiger partial charge < -0.3 is 20.1 Å². The number of carbonyl (C=O) groups excluding carboxylic acids is 1. The molecule has 1 aromatic rings. The standard InChI is InChI=1S/C13H15FN2O3S/c1-18-10-6-8(2-3-9(10)14)13(17)16-4-5-19-11(7-16)12(15)20/h2-3,6,11H,4-5,7H2,1H3,(H2,15,20). The summed E-state index contributed by atoms with van der Waals surface area (Å²) in [6.07, 6.45) is -0.440. The predicted molar refractivity (Wildman–Crippen MR) is 75.4 cm³/mol. The molecule has 20 heavy (non-hydrogen) atoms. The fraction of sp³-hybridized carbons (Fsp3) is 0.385. The van der Waals surface area contributed by atoms with Gasteiger partial charge in [0, 0.05) is 12.1 Å². The van der Waals surface area contributed by atoms with Gasteiger partial charge in [0.15, 0.2) is 11.6 Å². The molecule has 1 heterocycles. The first kappa shape index (κ1) is 14.7. The predicted octanol–water partition coefficient (Wildman–Crippen LogP) is 0.961. The van der Waals surface area contributed by atoms with Gasteiger partial charge in [-0.3, -0.25) is 4.79 Å². The molecule has 1 amide bonds. The van der Waals surface area contributed by atoms with Gasteiger partial charge in [0.2, 0.25) is 0 Å². The van der Waals surface area contributed by atoms with E-state index in [9.17, 15) is 9.18 Å². The van der Waals surface area contributed by atoms with Crippen LogP contribution in [-0.2, 0) is 4.74 Å². The summed E-state index contributed by atoms with van der Waals surface area (Å²) in [5.41, 5.74) is 5.89. The maximum Gasteiger partial charge on any atom is 0.254 e. The Morgan fingerprint density at radius 3 is 3.00 bits per heavy atom. The molecule has 2 N–H and O–H groups in total. The van der Waals surface area contributed by atoms with Crippen molar-refractivity contribution >= 4 is 23.1 Å². The summed E-state index contributed by atoms with van der Waals surface area (Å²) in [6.45, 7) is 1.11. The van der Waals surface area contributed by atoms with Crippen molar-refractivity contribution < 1.29 is 18.7 Å². The Hall–Kier alpha value is -1.73. The first-order valence-corrected chi connectivity index (χ1v) is 6.47. The smallest absolute Gasteiger partial charge is 0.254 e. The first-order valence-electron chi connectivity index (χ1n) is 6.06. The zero-order valence-corrected chi connectivity index (χ0v) is 11.8. The summed E-state index contributed by atoms with van der Waals surface area (Å²) in [4.78, 5) is 14.2. The van der Waals surface area contributed by atoms with Crippen LogP contribution in [0.2, 0.25) is 0 Å². The van der Waals surface area contributed by atoms with Crippen LogP contribution >= 0.6 is 12.2 Å². The molecule has 0 aliphatic carbocycles. The maximum atomic E-state index is 13.3. The number of ether oxygens (including phenoxy) is 2. The summed E-state index contributed by atoms with van der Waals surface area (Å²) in [5.74, 6) is -0.699. The number of hydrogen-bond donors (Lipinski definition) is 1. The third kappa shape index (κ3) is 3.05. The molecule has 7 heteroatoms. The van der Waals surface area contributed by atoms with Gasteiger partial charge in [-0.15, -0.1) is 0 Å². The Labute approximate surface area is 121 Å². The van der Waals surface area contributed by atoms with Crippen LogP contribution in [0.1, 0.15) is 10.4 Å². The van der Waals surface area contributed by atoms with E-state index >= 15 is 0 Å². The first-order chi connectivity index (χ1) is 9.52. The lowest BCUT2D eigenvalue weighted by Crippen LogP contribution is -2.49. The minimum atomic E-state index is -0.507. The monoisotopic (exact) mass is 298 g/mol. The van der Waals surface area contributed by atoms with E-state index in [0.29, 0.717) is 25.3 Å². The van der Waals surface area contributed by atoms with Gasteiger partial charge >= 0.3 is 0 Å². The number of hydrogen-bond acceptors (Lipinski definition) is 4. The van der Waals surface area contributed by atoms with Crippen LogP contribution in [0.4, 0.5) is 4.39 Å². The van der Waals surface area contributed by atoms with E-state index < -0.39 is 11.9 Å². The summed E-state index contributed by atoms with van der Waals surface area (Å²) < 4.78 is 23.6. The van der Waals surface area contributed by atoms with E-state index in [1.54, 1.807) is 4.90 Å². The molecule has 1 aliphatic rings. The van der Waals surface area contributed by atoms with Crippen molar-refractivity contribution in [3.63, 3.8) is 0 Å². The van der Waals surface area contributed by atoms with Crippen LogP contribution < -0.4 is 10.5 Å². The molecular formula is C13H15FN2O3S. The molecule has 1 unspecified atom stereocenters. The Balaban J connectivity index is 2.16. The number of methoxy groups -OCH3 is 1. The summed E-state index contributed by atoms with van der Waals surface area (Å²) >= 11 is 4.87. The fourth-order valence-corrected chi connectivity index (χ4v) is 2.12. The minimum Gasteiger partial charge on any atom is -0.494 e. The lowest BCUT2D eigenvalue weighted by molar-refractivity contribution is 0.00877. The Bertz CT molecular complexity index is 538. The average molecular weight is 298 g/mol. The number of rotatable bonds is 3. The topological polar surface area (TPSA) is 64.8 Å². The summed E-state index contributed by atoms with van der Waals surface area (Å²) in [7, 11) is 1.35. The molecule has 1 aliphatic heterocycles. The van der Waals surface area contributed by atoms with Gasteiger partial charge in [-0.25, -0.2) is 4.39 Å². The molecular weight excluding hydrogens is 283 g/mol. The zero-order chi connectivity index (χ0) is 14.7. The maximum absolute atomic E-state index is 13.3. The third-order valence-electron chi connectivity index (χ3n) is 3.07. The van der Waals surface area contributed by atoms with Gasteiger partial charge in [0.05, 0.1) is 20.3 Å². The highest BCUT2D eigenvalue weighted by molar-refractivity contribution is 7.80. The van der Waals surface area contributed by atoms with E-state index in [4.69, 9.17) is 27.4 Å². The van der Waals surface area contributed by atoms with Crippen molar-refractivity contribution in [2.45, 2.75) is 6.10 Å². The van der Waals surface area contributed by atoms with Crippen molar-refractivity contribution in [3.8, 4) is 5.75 Å². The molecule has 5 nitrogen and oxygen atoms in total. The molecule has 1 atom stereocenters. The highest BCUT2D eigenvalue weighted by Gasteiger charge is 2.27. The second-order valence-electron chi connectivity index (χ2n) is 4.36. The Morgan fingerprint density at radius 2 is 2.35 bits per heavy atom. The number of carbonyl (C=O) groups is 1. The van der Waals surface area contributed by atoms with Crippen molar-refractivity contribution in [1.29, 1.82) is 0 Å². The number of morpholine rings is 1. The van der Waals surface area contributed by atoms with Gasteiger partial charge in [0.25, 0.3) is 5.91 Å². The van der Waals surface area contributed by atoms with Gasteiger partial charge in [-0.2, -0.15) is 0 Å². The lowest BCUT2D eigenvalue weighted by Gasteiger charge is -2.32. The van der Waals surface area contributed by atoms with E-state index in [0.717, 1.165) is 0 Å². The Morgan fingerprint density at radius 1 is 1.60 bits per heavy atom. The molecule has 0 spiro atoms. The van der Waals surface area contributed by atoms with E-state index in [1.807, 2.05) is 0 Å². The van der Waals surface area contributed by atoms with E-state index in [-0.39, 0.29) is 16.6 Å². The van der Waals surface area contributed by atoms with Crippen LogP contribution in [0, 0.1) is 5.82 Å². The van der Waals surface area contributed by atoms with E-state index in [1.165, 1.54) is 25.3 Å². The molecule has 0 saturated carbocycles. The van der Waals surface area contributed by atoms with Gasteiger partial charge in [0.1, 0.15) is 11.1 Å². The van der Waals surface area contributed by atoms with Crippen LogP contribution in [0.5, 0.6) is 5.75 Å². The SMILES string of the molecule is COc1cc(C(=O)N2CCOC(C(N)=S)C2)ccc1F. The highest BCUT2D eigenvalue weighted by atomic mass is 32.1. The molecule has 0 aromatic heterocycles. The number of nitrogens with zero attached hydrogens (tertiary/aromatic N) is 1. The minimum absolute atomic E-state index is 0.0370. The van der Waals surface area contributed by atoms with Crippen LogP contribution in [-0.4, -0.2) is 48.7 Å². The normalized spacial score (nSPS) is 18.7. The van der Waals surface area contributed by atoms with Gasteiger partial charge in [-0.05, 0) is 18.2 Å². The van der Waals surface area contributed by atoms with Crippen molar-refractivity contribution in [2.24, 2.45) is 5.73 Å². The quantitative estimate of drug-likeness (QED) is 0.842. The van der Waals surface area contributed by atoms with Crippen LogP contribution in [0.3, 0.4) is 0 Å². The number of nitrogens with two attached hydrogens (primary N) is 1. The van der Waals surface area contributed by atoms with Crippen molar-refractivity contribution in [2.75, 3.05) is 26.8 Å². The van der Waals surface area contributed by atoms with Crippen molar-refractivity contribution in [3.05, 3.63) is 29.6 Å². The Kier molecular flexibility index (Phi) is 4.51. The lowest BCUT2D eigenvalue weighted by atomic mass is 10.1. The molecule has 1 aromatic carbocycles. The molecule has 1 saturated heterocycles. The largest absolute Gasteiger partial charge is 0.494 e. The second kappa shape index (κ2) is 6.15. The molecule has 0 radical (unpaired) electrons. The second-order valence-corrected chi connectivity index (χ2v) is 4.83. The molecule has 0 bridgehead atoms. The van der Waals surface area contributed by atoms with Crippen LogP contribution in [0.25, 0.3) is 0 Å². The molecule has 2 rings (SSSR count). The van der Waals surface area contributed by atoms with Crippen LogP contribution in [0.15, 0.2) is 18.2 Å². The highest BCUT2D eigenvalue weighted by Crippen LogP contribution is 2.20. The third-order valence-corrected chi connectivity index (χ3v) is 3.33. The van der Waals surface area contributed by atoms with E-state index in [2.05, 4.69) is 0 Å². The zero-order valence-electron chi connectivity index (χ0n) is 11.0. The number of halogens is 1. The molecule has 1 fully saturated rings. The van der Waals surface area contributed by atoms with Crippen molar-refractivity contribution in [1.82, 2.24) is 4.90 Å². The number of benzene rings is 1. The summed E-state index contributed by atoms with van der Waals surface area (Å²) in [6, 6.07) is 4.01. The number of amides is 1. The summed E-state index contributed by atoms with van der Waals surface area (Å²) in [5, 5.41) is 0. The fourth-order valence-electron chi connectivity index (χ4n) is 1.98. The molecule has 108 valence electrons. The van der Waals surface area contributed by atoms with Gasteiger partial charge in [-0.1, -0.05) is 12.2 Å². The average Bonchev–Trinajstić information content (AvgIpc) is 2.47. The number of thiocarbonyl (C=S) groups is 1.